The van der Waals surface area contributed by atoms with Crippen LogP contribution in [-0.2, 0) is 14.3 Å². The number of carboxylic acid groups (broad SMARTS) is 1. The van der Waals surface area contributed by atoms with Gasteiger partial charge in [0.1, 0.15) is 0 Å². The van der Waals surface area contributed by atoms with Gasteiger partial charge in [-0.3, -0.25) is 4.79 Å². The topological polar surface area (TPSA) is 55.8 Å². The Hall–Kier alpha value is -0.610. The highest BCUT2D eigenvalue weighted by Crippen LogP contribution is 2.32. The average molecular weight is 331 g/mol. The number of unbranched alkanes of at least 4 members (excludes halogenated alkanes) is 5. The van der Waals surface area contributed by atoms with Gasteiger partial charge in [-0.25, -0.2) is 0 Å². The summed E-state index contributed by atoms with van der Waals surface area (Å²) in [6.45, 7) is 9.45. The maximum absolute atomic E-state index is 11.3. The minimum absolute atomic E-state index is 0.0933. The Labute approximate surface area is 142 Å². The SMILES string of the molecule is CCCCCCCCC(CC(=O)O)C(C)(OCCC)OCCC. The second kappa shape index (κ2) is 13.8. The molecule has 1 atom stereocenters. The monoisotopic (exact) mass is 330 g/mol. The third-order valence-corrected chi connectivity index (χ3v) is 4.25. The molecule has 0 heterocycles. The van der Waals surface area contributed by atoms with Crippen molar-refractivity contribution in [1.29, 1.82) is 0 Å². The van der Waals surface area contributed by atoms with Crippen LogP contribution in [0.4, 0.5) is 0 Å². The van der Waals surface area contributed by atoms with Gasteiger partial charge in [0, 0.05) is 19.1 Å². The number of hydrogen-bond donors (Lipinski definition) is 1. The van der Waals surface area contributed by atoms with Gasteiger partial charge in [0.2, 0.25) is 0 Å². The number of carboxylic acids is 1. The Balaban J connectivity index is 4.60. The Kier molecular flexibility index (Phi) is 13.4. The lowest BCUT2D eigenvalue weighted by atomic mass is 9.89. The third-order valence-electron chi connectivity index (χ3n) is 4.25. The molecule has 0 spiro atoms. The van der Waals surface area contributed by atoms with Crippen LogP contribution in [0.1, 0.15) is 91.9 Å². The second-order valence-electron chi connectivity index (χ2n) is 6.56. The maximum atomic E-state index is 11.3. The molecule has 0 aliphatic heterocycles. The molecular weight excluding hydrogens is 292 g/mol. The lowest BCUT2D eigenvalue weighted by Crippen LogP contribution is -2.42. The van der Waals surface area contributed by atoms with Gasteiger partial charge in [-0.2, -0.15) is 0 Å². The molecule has 138 valence electrons. The number of rotatable bonds is 16. The zero-order valence-electron chi connectivity index (χ0n) is 15.7. The van der Waals surface area contributed by atoms with E-state index in [0.717, 1.165) is 32.1 Å². The number of carbonyl (C=O) groups is 1. The molecule has 0 bridgehead atoms. The van der Waals surface area contributed by atoms with E-state index in [1.165, 1.54) is 25.7 Å². The average Bonchev–Trinajstić information content (AvgIpc) is 2.52. The number of hydrogen-bond acceptors (Lipinski definition) is 3. The third kappa shape index (κ3) is 10.7. The van der Waals surface area contributed by atoms with Gasteiger partial charge in [0.25, 0.3) is 0 Å². The van der Waals surface area contributed by atoms with Crippen LogP contribution in [0.5, 0.6) is 0 Å². The van der Waals surface area contributed by atoms with Crippen molar-refractivity contribution in [3.8, 4) is 0 Å². The van der Waals surface area contributed by atoms with Gasteiger partial charge in [-0.15, -0.1) is 0 Å². The van der Waals surface area contributed by atoms with Crippen molar-refractivity contribution in [3.05, 3.63) is 0 Å². The summed E-state index contributed by atoms with van der Waals surface area (Å²) in [6.07, 6.45) is 10.0. The zero-order chi connectivity index (χ0) is 17.6. The lowest BCUT2D eigenvalue weighted by molar-refractivity contribution is -0.258. The van der Waals surface area contributed by atoms with Crippen molar-refractivity contribution in [2.45, 2.75) is 97.7 Å². The Morgan fingerprint density at radius 1 is 0.913 bits per heavy atom. The van der Waals surface area contributed by atoms with Crippen LogP contribution in [0.25, 0.3) is 0 Å². The molecule has 0 amide bonds. The largest absolute Gasteiger partial charge is 0.481 e. The quantitative estimate of drug-likeness (QED) is 0.304. The molecular formula is C19H38O4. The van der Waals surface area contributed by atoms with Crippen LogP contribution < -0.4 is 0 Å². The Morgan fingerprint density at radius 3 is 1.91 bits per heavy atom. The predicted molar refractivity (Wildman–Crippen MR) is 94.6 cm³/mol. The molecule has 1 N–H and O–H groups in total. The van der Waals surface area contributed by atoms with Crippen molar-refractivity contribution >= 4 is 5.97 Å². The van der Waals surface area contributed by atoms with E-state index in [1.807, 2.05) is 6.92 Å². The van der Waals surface area contributed by atoms with Crippen LogP contribution in [0.2, 0.25) is 0 Å². The zero-order valence-corrected chi connectivity index (χ0v) is 15.7. The van der Waals surface area contributed by atoms with Crippen LogP contribution in [0.15, 0.2) is 0 Å². The highest BCUT2D eigenvalue weighted by Gasteiger charge is 2.37. The molecule has 0 aromatic rings. The first kappa shape index (κ1) is 22.4. The summed E-state index contributed by atoms with van der Waals surface area (Å²) < 4.78 is 11.9. The van der Waals surface area contributed by atoms with Gasteiger partial charge in [-0.1, -0.05) is 59.3 Å². The molecule has 0 fully saturated rings. The molecule has 0 aromatic heterocycles. The lowest BCUT2D eigenvalue weighted by Gasteiger charge is -2.37. The van der Waals surface area contributed by atoms with Gasteiger partial charge >= 0.3 is 5.97 Å². The van der Waals surface area contributed by atoms with Crippen molar-refractivity contribution in [1.82, 2.24) is 0 Å². The molecule has 1 unspecified atom stereocenters. The molecule has 4 heteroatoms. The highest BCUT2D eigenvalue weighted by atomic mass is 16.7. The molecule has 4 nitrogen and oxygen atoms in total. The van der Waals surface area contributed by atoms with E-state index in [9.17, 15) is 9.90 Å². The maximum Gasteiger partial charge on any atom is 0.303 e. The Bertz CT molecular complexity index is 283. The second-order valence-corrected chi connectivity index (χ2v) is 6.56. The number of ether oxygens (including phenoxy) is 2. The van der Waals surface area contributed by atoms with Gasteiger partial charge in [-0.05, 0) is 26.2 Å². The summed E-state index contributed by atoms with van der Waals surface area (Å²) in [5.74, 6) is -1.65. The van der Waals surface area contributed by atoms with Crippen LogP contribution >= 0.6 is 0 Å². The molecule has 0 aliphatic carbocycles. The first-order valence-corrected chi connectivity index (χ1v) is 9.49. The van der Waals surface area contributed by atoms with Gasteiger partial charge in [0.15, 0.2) is 5.79 Å². The van der Waals surface area contributed by atoms with E-state index >= 15 is 0 Å². The molecule has 0 radical (unpaired) electrons. The fourth-order valence-electron chi connectivity index (χ4n) is 2.82. The summed E-state index contributed by atoms with van der Waals surface area (Å²) in [4.78, 5) is 11.3. The summed E-state index contributed by atoms with van der Waals surface area (Å²) in [6, 6.07) is 0. The Morgan fingerprint density at radius 2 is 1.43 bits per heavy atom. The molecule has 0 aliphatic rings. The van der Waals surface area contributed by atoms with Crippen LogP contribution in [-0.4, -0.2) is 30.1 Å². The molecule has 0 rings (SSSR count). The van der Waals surface area contributed by atoms with E-state index in [0.29, 0.717) is 13.2 Å². The normalized spacial score (nSPS) is 13.2. The minimum Gasteiger partial charge on any atom is -0.481 e. The van der Waals surface area contributed by atoms with Crippen LogP contribution in [0.3, 0.4) is 0 Å². The summed E-state index contributed by atoms with van der Waals surface area (Å²) in [5.41, 5.74) is 0. The summed E-state index contributed by atoms with van der Waals surface area (Å²) in [5, 5.41) is 9.26. The van der Waals surface area contributed by atoms with Crippen molar-refractivity contribution in [3.63, 3.8) is 0 Å². The standard InChI is InChI=1S/C19H38O4/c1-5-8-9-10-11-12-13-17(16-18(20)21)19(4,22-14-6-2)23-15-7-3/h17H,5-16H2,1-4H3,(H,20,21). The first-order valence-electron chi connectivity index (χ1n) is 9.49. The van der Waals surface area contributed by atoms with E-state index in [2.05, 4.69) is 20.8 Å². The fraction of sp³-hybridized carbons (Fsp3) is 0.947. The molecule has 0 saturated heterocycles. The smallest absolute Gasteiger partial charge is 0.303 e. The molecule has 0 saturated carbocycles. The summed E-state index contributed by atoms with van der Waals surface area (Å²) in [7, 11) is 0. The minimum atomic E-state index is -0.784. The summed E-state index contributed by atoms with van der Waals surface area (Å²) >= 11 is 0. The predicted octanol–water partition coefficient (Wildman–Crippen LogP) is 5.40. The van der Waals surface area contributed by atoms with Gasteiger partial charge in [0.05, 0.1) is 6.42 Å². The van der Waals surface area contributed by atoms with Crippen molar-refractivity contribution in [2.24, 2.45) is 5.92 Å². The van der Waals surface area contributed by atoms with E-state index in [4.69, 9.17) is 9.47 Å². The number of aliphatic carboxylic acids is 1. The van der Waals surface area contributed by atoms with Crippen LogP contribution in [0, 0.1) is 5.92 Å². The molecule has 0 aromatic carbocycles. The van der Waals surface area contributed by atoms with Crippen molar-refractivity contribution in [2.75, 3.05) is 13.2 Å². The molecule has 23 heavy (non-hydrogen) atoms. The van der Waals surface area contributed by atoms with Gasteiger partial charge < -0.3 is 14.6 Å². The van der Waals surface area contributed by atoms with E-state index in [-0.39, 0.29) is 12.3 Å². The fourth-order valence-corrected chi connectivity index (χ4v) is 2.82. The first-order chi connectivity index (χ1) is 11.0. The van der Waals surface area contributed by atoms with Crippen molar-refractivity contribution < 1.29 is 19.4 Å². The van der Waals surface area contributed by atoms with E-state index < -0.39 is 11.8 Å². The highest BCUT2D eigenvalue weighted by molar-refractivity contribution is 5.67. The van der Waals surface area contributed by atoms with E-state index in [1.54, 1.807) is 0 Å².